The van der Waals surface area contributed by atoms with Crippen LogP contribution in [0.1, 0.15) is 85.7 Å². The highest BCUT2D eigenvalue weighted by Gasteiger charge is 2.25. The summed E-state index contributed by atoms with van der Waals surface area (Å²) in [6.45, 7) is 11.2. The van der Waals surface area contributed by atoms with Crippen molar-refractivity contribution in [2.45, 2.75) is 84.8 Å². The first-order valence-corrected chi connectivity index (χ1v) is 14.7. The molecule has 206 valence electrons. The smallest absolute Gasteiger partial charge is 0.193 e. The summed E-state index contributed by atoms with van der Waals surface area (Å²) >= 11 is 0. The largest absolute Gasteiger partial charge is 0.494 e. The van der Waals surface area contributed by atoms with Gasteiger partial charge in [-0.1, -0.05) is 25.5 Å². The predicted octanol–water partition coefficient (Wildman–Crippen LogP) is 6.54. The zero-order valence-corrected chi connectivity index (χ0v) is 23.9. The Kier molecular flexibility index (Phi) is 8.51. The third-order valence-electron chi connectivity index (χ3n) is 7.94. The topological polar surface area (TPSA) is 61.1 Å². The minimum atomic E-state index is 0.0447. The lowest BCUT2D eigenvalue weighted by molar-refractivity contribution is 0.103. The van der Waals surface area contributed by atoms with Crippen molar-refractivity contribution in [2.24, 2.45) is 0 Å². The monoisotopic (exact) mass is 526 g/mol. The number of unbranched alkanes of at least 4 members (excludes halogenated alkanes) is 1. The predicted molar refractivity (Wildman–Crippen MR) is 158 cm³/mol. The van der Waals surface area contributed by atoms with Gasteiger partial charge in [0.15, 0.2) is 5.78 Å². The summed E-state index contributed by atoms with van der Waals surface area (Å²) < 4.78 is 10.3. The molecule has 0 spiro atoms. The van der Waals surface area contributed by atoms with Crippen molar-refractivity contribution in [1.29, 1.82) is 0 Å². The van der Waals surface area contributed by atoms with Crippen LogP contribution in [0, 0.1) is 0 Å². The van der Waals surface area contributed by atoms with Gasteiger partial charge in [0.25, 0.3) is 0 Å². The van der Waals surface area contributed by atoms with E-state index in [2.05, 4.69) is 61.0 Å². The van der Waals surface area contributed by atoms with E-state index in [1.807, 2.05) is 41.2 Å². The Hall–Kier alpha value is -3.38. The van der Waals surface area contributed by atoms with Gasteiger partial charge in [-0.15, -0.1) is 0 Å². The number of fused-ring (bicyclic) bond motifs is 3. The van der Waals surface area contributed by atoms with E-state index in [0.717, 1.165) is 62.9 Å². The van der Waals surface area contributed by atoms with Gasteiger partial charge < -0.3 is 14.6 Å². The van der Waals surface area contributed by atoms with Gasteiger partial charge in [-0.2, -0.15) is 5.10 Å². The highest BCUT2D eigenvalue weighted by atomic mass is 16.5. The minimum absolute atomic E-state index is 0.0447. The normalized spacial score (nSPS) is 15.2. The molecule has 0 amide bonds. The molecule has 0 radical (unpaired) electrons. The Morgan fingerprint density at radius 2 is 2.00 bits per heavy atom. The summed E-state index contributed by atoms with van der Waals surface area (Å²) in [5.74, 6) is 0.804. The highest BCUT2D eigenvalue weighted by molar-refractivity contribution is 6.11. The standard InChI is InChI=1S/C33H42N4O2/c1-5-7-17-39-28-10-8-9-25(18-28)33(38)26-11-13-31-29(19-26)30-20-27(12-14-32(30)36(31)6-2)34-16-15-24-21-35-37(22-24)23(3)4/h8-11,13,18-19,21-23,27,34H,5-7,12,14-17,20H2,1-4H3. The number of aryl methyl sites for hydroxylation is 1. The number of ether oxygens (including phenoxy) is 1. The lowest BCUT2D eigenvalue weighted by Gasteiger charge is -2.25. The van der Waals surface area contributed by atoms with Crippen LogP contribution in [0.15, 0.2) is 54.9 Å². The van der Waals surface area contributed by atoms with E-state index in [9.17, 15) is 4.79 Å². The molecule has 1 unspecified atom stereocenters. The molecule has 1 aliphatic rings. The van der Waals surface area contributed by atoms with Gasteiger partial charge in [0.05, 0.1) is 12.8 Å². The van der Waals surface area contributed by atoms with Crippen LogP contribution in [-0.2, 0) is 25.8 Å². The van der Waals surface area contributed by atoms with Crippen LogP contribution < -0.4 is 10.1 Å². The number of carbonyl (C=O) groups is 1. The lowest BCUT2D eigenvalue weighted by Crippen LogP contribution is -2.36. The Labute approximate surface area is 232 Å². The second-order valence-electron chi connectivity index (χ2n) is 11.0. The van der Waals surface area contributed by atoms with Gasteiger partial charge in [-0.25, -0.2) is 0 Å². The van der Waals surface area contributed by atoms with Gasteiger partial charge in [0.1, 0.15) is 5.75 Å². The maximum atomic E-state index is 13.5. The van der Waals surface area contributed by atoms with Crippen molar-refractivity contribution in [3.8, 4) is 5.75 Å². The number of benzene rings is 2. The van der Waals surface area contributed by atoms with Crippen molar-refractivity contribution >= 4 is 16.7 Å². The number of hydrogen-bond donors (Lipinski definition) is 1. The summed E-state index contributed by atoms with van der Waals surface area (Å²) in [6, 6.07) is 14.7. The van der Waals surface area contributed by atoms with E-state index in [-0.39, 0.29) is 5.78 Å². The SMILES string of the molecule is CCCCOc1cccc(C(=O)c2ccc3c(c2)c2c(n3CC)CCC(NCCc3cnn(C(C)C)c3)C2)c1. The molecule has 1 aliphatic carbocycles. The van der Waals surface area contributed by atoms with Crippen molar-refractivity contribution in [2.75, 3.05) is 13.2 Å². The first kappa shape index (κ1) is 27.2. The Bertz CT molecular complexity index is 1430. The zero-order valence-electron chi connectivity index (χ0n) is 23.9. The van der Waals surface area contributed by atoms with E-state index in [1.165, 1.54) is 27.7 Å². The number of nitrogens with one attached hydrogen (secondary N) is 1. The molecule has 0 saturated carbocycles. The summed E-state index contributed by atoms with van der Waals surface area (Å²) in [4.78, 5) is 13.5. The average molecular weight is 527 g/mol. The number of carbonyl (C=O) groups excluding carboxylic acids is 1. The van der Waals surface area contributed by atoms with Crippen LogP contribution in [0.5, 0.6) is 5.75 Å². The maximum absolute atomic E-state index is 13.5. The van der Waals surface area contributed by atoms with Crippen LogP contribution in [0.2, 0.25) is 0 Å². The molecule has 6 nitrogen and oxygen atoms in total. The molecule has 2 aromatic heterocycles. The van der Waals surface area contributed by atoms with Crippen molar-refractivity contribution < 1.29 is 9.53 Å². The fourth-order valence-electron chi connectivity index (χ4n) is 5.76. The zero-order chi connectivity index (χ0) is 27.4. The van der Waals surface area contributed by atoms with E-state index in [4.69, 9.17) is 4.74 Å². The summed E-state index contributed by atoms with van der Waals surface area (Å²) in [7, 11) is 0. The third-order valence-corrected chi connectivity index (χ3v) is 7.94. The summed E-state index contributed by atoms with van der Waals surface area (Å²) in [5.41, 5.74) is 6.75. The molecule has 0 saturated heterocycles. The van der Waals surface area contributed by atoms with Crippen molar-refractivity contribution in [1.82, 2.24) is 19.7 Å². The lowest BCUT2D eigenvalue weighted by atomic mass is 9.90. The molecule has 2 heterocycles. The second kappa shape index (κ2) is 12.2. The number of nitrogens with zero attached hydrogens (tertiary/aromatic N) is 3. The number of hydrogen-bond acceptors (Lipinski definition) is 4. The highest BCUT2D eigenvalue weighted by Crippen LogP contribution is 2.33. The Morgan fingerprint density at radius 1 is 1.15 bits per heavy atom. The minimum Gasteiger partial charge on any atom is -0.494 e. The van der Waals surface area contributed by atoms with Gasteiger partial charge in [-0.3, -0.25) is 9.48 Å². The molecule has 0 bridgehead atoms. The van der Waals surface area contributed by atoms with Crippen LogP contribution >= 0.6 is 0 Å². The number of ketones is 1. The Morgan fingerprint density at radius 3 is 2.77 bits per heavy atom. The second-order valence-corrected chi connectivity index (χ2v) is 11.0. The summed E-state index contributed by atoms with van der Waals surface area (Å²) in [6.07, 6.45) is 10.4. The molecule has 5 rings (SSSR count). The molecule has 6 heteroatoms. The van der Waals surface area contributed by atoms with E-state index in [1.54, 1.807) is 0 Å². The fraction of sp³-hybridized carbons (Fsp3) is 0.455. The van der Waals surface area contributed by atoms with E-state index < -0.39 is 0 Å². The molecule has 4 aromatic rings. The van der Waals surface area contributed by atoms with Gasteiger partial charge >= 0.3 is 0 Å². The maximum Gasteiger partial charge on any atom is 0.193 e. The molecular formula is C33H42N4O2. The fourth-order valence-corrected chi connectivity index (χ4v) is 5.76. The van der Waals surface area contributed by atoms with Crippen LogP contribution in [0.25, 0.3) is 10.9 Å². The molecular weight excluding hydrogens is 484 g/mol. The van der Waals surface area contributed by atoms with Crippen molar-refractivity contribution in [3.05, 3.63) is 82.8 Å². The first-order chi connectivity index (χ1) is 19.0. The third kappa shape index (κ3) is 5.96. The van der Waals surface area contributed by atoms with Crippen LogP contribution in [0.3, 0.4) is 0 Å². The van der Waals surface area contributed by atoms with Gasteiger partial charge in [0, 0.05) is 52.5 Å². The molecule has 0 fully saturated rings. The molecule has 1 N–H and O–H groups in total. The quantitative estimate of drug-likeness (QED) is 0.168. The van der Waals surface area contributed by atoms with Gasteiger partial charge in [0.2, 0.25) is 0 Å². The molecule has 2 aromatic carbocycles. The average Bonchev–Trinajstić information content (AvgIpc) is 3.55. The Balaban J connectivity index is 1.33. The van der Waals surface area contributed by atoms with Crippen LogP contribution in [-0.4, -0.2) is 39.3 Å². The number of rotatable bonds is 12. The van der Waals surface area contributed by atoms with Crippen LogP contribution in [0.4, 0.5) is 0 Å². The van der Waals surface area contributed by atoms with Crippen molar-refractivity contribution in [3.63, 3.8) is 0 Å². The van der Waals surface area contributed by atoms with E-state index >= 15 is 0 Å². The summed E-state index contributed by atoms with van der Waals surface area (Å²) in [5, 5.41) is 9.50. The first-order valence-electron chi connectivity index (χ1n) is 14.7. The molecule has 0 aliphatic heterocycles. The molecule has 39 heavy (non-hydrogen) atoms. The number of aromatic nitrogens is 3. The van der Waals surface area contributed by atoms with E-state index in [0.29, 0.717) is 24.3 Å². The van der Waals surface area contributed by atoms with Gasteiger partial charge in [-0.05, 0) is 101 Å². The molecule has 1 atom stereocenters.